The van der Waals surface area contributed by atoms with E-state index in [2.05, 4.69) is 25.9 Å². The Hall–Kier alpha value is -0.0800. The van der Waals surface area contributed by atoms with Crippen LogP contribution in [0.4, 0.5) is 0 Å². The molecule has 0 fully saturated rings. The second-order valence-electron chi connectivity index (χ2n) is 2.74. The third-order valence-electron chi connectivity index (χ3n) is 1.71. The third kappa shape index (κ3) is 4.43. The van der Waals surface area contributed by atoms with Gasteiger partial charge in [0, 0.05) is 6.04 Å². The van der Waals surface area contributed by atoms with E-state index in [-0.39, 0.29) is 0 Å². The molecule has 0 amide bonds. The molecule has 0 spiro atoms. The van der Waals surface area contributed by atoms with Gasteiger partial charge in [0.25, 0.3) is 0 Å². The standard InChI is InChI=1S/C7H18N2/c1-7(9(2)3)5-4-6-8/h7H,4-6,8H2,1-3H3. The van der Waals surface area contributed by atoms with E-state index < -0.39 is 0 Å². The first kappa shape index (κ1) is 8.92. The van der Waals surface area contributed by atoms with Crippen LogP contribution in [0.15, 0.2) is 0 Å². The molecule has 9 heavy (non-hydrogen) atoms. The summed E-state index contributed by atoms with van der Waals surface area (Å²) in [6, 6.07) is 0.675. The van der Waals surface area contributed by atoms with E-state index in [1.807, 2.05) is 0 Å². The second kappa shape index (κ2) is 4.77. The summed E-state index contributed by atoms with van der Waals surface area (Å²) in [6.07, 6.45) is 2.35. The predicted molar refractivity (Wildman–Crippen MR) is 41.4 cm³/mol. The summed E-state index contributed by atoms with van der Waals surface area (Å²) in [7, 11) is 4.20. The quantitative estimate of drug-likeness (QED) is 0.606. The summed E-state index contributed by atoms with van der Waals surface area (Å²) in [5, 5.41) is 0. The van der Waals surface area contributed by atoms with Crippen molar-refractivity contribution < 1.29 is 0 Å². The molecule has 0 heterocycles. The number of nitrogens with two attached hydrogens (primary N) is 1. The van der Waals surface area contributed by atoms with Gasteiger partial charge in [-0.3, -0.25) is 0 Å². The zero-order valence-corrected chi connectivity index (χ0v) is 6.72. The largest absolute Gasteiger partial charge is 0.330 e. The Morgan fingerprint density at radius 2 is 2.00 bits per heavy atom. The average Bonchev–Trinajstić information content (AvgIpc) is 1.82. The molecule has 1 unspecified atom stereocenters. The van der Waals surface area contributed by atoms with E-state index in [1.165, 1.54) is 6.42 Å². The minimum atomic E-state index is 0.675. The summed E-state index contributed by atoms with van der Waals surface area (Å²) in [5.74, 6) is 0. The summed E-state index contributed by atoms with van der Waals surface area (Å²) in [5.41, 5.74) is 5.36. The molecule has 0 aliphatic carbocycles. The third-order valence-corrected chi connectivity index (χ3v) is 1.71. The van der Waals surface area contributed by atoms with Gasteiger partial charge in [0.2, 0.25) is 0 Å². The highest BCUT2D eigenvalue weighted by molar-refractivity contribution is 4.58. The van der Waals surface area contributed by atoms with Gasteiger partial charge in [0.15, 0.2) is 0 Å². The van der Waals surface area contributed by atoms with Gasteiger partial charge in [-0.2, -0.15) is 0 Å². The van der Waals surface area contributed by atoms with Crippen LogP contribution in [0.2, 0.25) is 0 Å². The van der Waals surface area contributed by atoms with Crippen molar-refractivity contribution in [3.05, 3.63) is 0 Å². The molecule has 0 aliphatic rings. The van der Waals surface area contributed by atoms with Crippen molar-refractivity contribution in [3.8, 4) is 0 Å². The second-order valence-corrected chi connectivity index (χ2v) is 2.74. The molecule has 0 saturated heterocycles. The molecule has 2 heteroatoms. The van der Waals surface area contributed by atoms with Crippen LogP contribution in [0, 0.1) is 0 Å². The lowest BCUT2D eigenvalue weighted by atomic mass is 10.2. The average molecular weight is 130 g/mol. The summed E-state index contributed by atoms with van der Waals surface area (Å²) < 4.78 is 0. The van der Waals surface area contributed by atoms with Crippen LogP contribution in [0.1, 0.15) is 19.8 Å². The Morgan fingerprint density at radius 3 is 2.33 bits per heavy atom. The summed E-state index contributed by atoms with van der Waals surface area (Å²) in [4.78, 5) is 2.22. The van der Waals surface area contributed by atoms with Gasteiger partial charge < -0.3 is 10.6 Å². The highest BCUT2D eigenvalue weighted by Crippen LogP contribution is 1.99. The van der Waals surface area contributed by atoms with Crippen molar-refractivity contribution in [2.24, 2.45) is 5.73 Å². The molecule has 2 nitrogen and oxygen atoms in total. The molecule has 56 valence electrons. The molecule has 0 aromatic carbocycles. The molecule has 0 aliphatic heterocycles. The first-order valence-corrected chi connectivity index (χ1v) is 3.55. The summed E-state index contributed by atoms with van der Waals surface area (Å²) >= 11 is 0. The molecule has 0 radical (unpaired) electrons. The first-order valence-electron chi connectivity index (χ1n) is 3.55. The molecular weight excluding hydrogens is 112 g/mol. The van der Waals surface area contributed by atoms with E-state index in [1.54, 1.807) is 0 Å². The van der Waals surface area contributed by atoms with Crippen molar-refractivity contribution >= 4 is 0 Å². The number of hydrogen-bond donors (Lipinski definition) is 1. The van der Waals surface area contributed by atoms with Crippen molar-refractivity contribution in [1.82, 2.24) is 4.90 Å². The molecule has 0 rings (SSSR count). The monoisotopic (exact) mass is 130 g/mol. The number of nitrogens with zero attached hydrogens (tertiary/aromatic N) is 1. The lowest BCUT2D eigenvalue weighted by Crippen LogP contribution is -2.25. The molecule has 0 bridgehead atoms. The van der Waals surface area contributed by atoms with E-state index in [4.69, 9.17) is 5.73 Å². The van der Waals surface area contributed by atoms with Gasteiger partial charge in [0.1, 0.15) is 0 Å². The topological polar surface area (TPSA) is 29.3 Å². The maximum absolute atomic E-state index is 5.36. The van der Waals surface area contributed by atoms with Gasteiger partial charge in [0.05, 0.1) is 0 Å². The normalized spacial score (nSPS) is 14.3. The van der Waals surface area contributed by atoms with Crippen LogP contribution in [0.25, 0.3) is 0 Å². The molecule has 0 saturated carbocycles. The van der Waals surface area contributed by atoms with Gasteiger partial charge in [-0.1, -0.05) is 0 Å². The van der Waals surface area contributed by atoms with E-state index >= 15 is 0 Å². The highest BCUT2D eigenvalue weighted by Gasteiger charge is 2.01. The van der Waals surface area contributed by atoms with Crippen molar-refractivity contribution in [1.29, 1.82) is 0 Å². The minimum Gasteiger partial charge on any atom is -0.330 e. The molecule has 1 atom stereocenters. The number of hydrogen-bond acceptors (Lipinski definition) is 2. The zero-order valence-electron chi connectivity index (χ0n) is 6.72. The Balaban J connectivity index is 3.16. The first-order chi connectivity index (χ1) is 4.18. The van der Waals surface area contributed by atoms with Crippen LogP contribution >= 0.6 is 0 Å². The van der Waals surface area contributed by atoms with Crippen LogP contribution in [-0.4, -0.2) is 31.6 Å². The van der Waals surface area contributed by atoms with Crippen LogP contribution in [-0.2, 0) is 0 Å². The lowest BCUT2D eigenvalue weighted by Gasteiger charge is -2.18. The Morgan fingerprint density at radius 1 is 1.44 bits per heavy atom. The smallest absolute Gasteiger partial charge is 0.00613 e. The van der Waals surface area contributed by atoms with Crippen LogP contribution < -0.4 is 5.73 Å². The molecular formula is C7H18N2. The van der Waals surface area contributed by atoms with Crippen LogP contribution in [0.5, 0.6) is 0 Å². The minimum absolute atomic E-state index is 0.675. The van der Waals surface area contributed by atoms with Crippen molar-refractivity contribution in [2.75, 3.05) is 20.6 Å². The van der Waals surface area contributed by atoms with E-state index in [0.717, 1.165) is 13.0 Å². The van der Waals surface area contributed by atoms with E-state index in [0.29, 0.717) is 6.04 Å². The lowest BCUT2D eigenvalue weighted by molar-refractivity contribution is 0.295. The predicted octanol–water partition coefficient (Wildman–Crippen LogP) is 0.675. The van der Waals surface area contributed by atoms with Gasteiger partial charge in [-0.05, 0) is 40.4 Å². The SMILES string of the molecule is CC(CCCN)N(C)C. The Bertz CT molecular complexity index is 61.9. The zero-order chi connectivity index (χ0) is 7.28. The van der Waals surface area contributed by atoms with E-state index in [9.17, 15) is 0 Å². The maximum Gasteiger partial charge on any atom is 0.00613 e. The van der Waals surface area contributed by atoms with Crippen molar-refractivity contribution in [2.45, 2.75) is 25.8 Å². The molecule has 0 aromatic heterocycles. The Labute approximate surface area is 58.0 Å². The summed E-state index contributed by atoms with van der Waals surface area (Å²) in [6.45, 7) is 3.04. The van der Waals surface area contributed by atoms with Gasteiger partial charge in [-0.25, -0.2) is 0 Å². The van der Waals surface area contributed by atoms with Crippen molar-refractivity contribution in [3.63, 3.8) is 0 Å². The Kier molecular flexibility index (Phi) is 4.72. The number of rotatable bonds is 4. The van der Waals surface area contributed by atoms with Crippen LogP contribution in [0.3, 0.4) is 0 Å². The fourth-order valence-corrected chi connectivity index (χ4v) is 0.671. The van der Waals surface area contributed by atoms with Gasteiger partial charge >= 0.3 is 0 Å². The maximum atomic E-state index is 5.36. The highest BCUT2D eigenvalue weighted by atomic mass is 15.1. The fourth-order valence-electron chi connectivity index (χ4n) is 0.671. The molecule has 2 N–H and O–H groups in total. The van der Waals surface area contributed by atoms with Gasteiger partial charge in [-0.15, -0.1) is 0 Å². The fraction of sp³-hybridized carbons (Fsp3) is 1.00. The molecule has 0 aromatic rings.